The van der Waals surface area contributed by atoms with Gasteiger partial charge in [0.1, 0.15) is 5.76 Å². The van der Waals surface area contributed by atoms with E-state index in [1.807, 2.05) is 43.3 Å². The van der Waals surface area contributed by atoms with Crippen molar-refractivity contribution in [2.45, 2.75) is 38.8 Å². The second-order valence-corrected chi connectivity index (χ2v) is 5.26. The van der Waals surface area contributed by atoms with E-state index in [4.69, 9.17) is 4.42 Å². The van der Waals surface area contributed by atoms with Crippen molar-refractivity contribution in [2.75, 3.05) is 4.90 Å². The first kappa shape index (κ1) is 13.0. The van der Waals surface area contributed by atoms with E-state index >= 15 is 0 Å². The van der Waals surface area contributed by atoms with Gasteiger partial charge >= 0.3 is 0 Å². The smallest absolute Gasteiger partial charge is 0.162 e. The molecule has 3 rings (SSSR count). The maximum absolute atomic E-state index is 11.7. The minimum absolute atomic E-state index is 0.195. The van der Waals surface area contributed by atoms with Gasteiger partial charge in [0.05, 0.1) is 12.8 Å². The molecule has 0 amide bonds. The Morgan fingerprint density at radius 1 is 1.25 bits per heavy atom. The third kappa shape index (κ3) is 2.77. The zero-order chi connectivity index (χ0) is 13.9. The van der Waals surface area contributed by atoms with Gasteiger partial charge in [-0.3, -0.25) is 4.79 Å². The highest BCUT2D eigenvalue weighted by Crippen LogP contribution is 2.33. The molecule has 1 aliphatic rings. The minimum atomic E-state index is 0.195. The Bertz CT molecular complexity index is 568. The van der Waals surface area contributed by atoms with E-state index in [9.17, 15) is 4.79 Å². The summed E-state index contributed by atoms with van der Waals surface area (Å²) in [5.74, 6) is 1.17. The summed E-state index contributed by atoms with van der Waals surface area (Å²) in [5, 5.41) is 0. The Morgan fingerprint density at radius 3 is 2.55 bits per heavy atom. The summed E-state index contributed by atoms with van der Waals surface area (Å²) < 4.78 is 5.45. The van der Waals surface area contributed by atoms with Gasteiger partial charge < -0.3 is 9.32 Å². The highest BCUT2D eigenvalue weighted by Gasteiger charge is 2.29. The van der Waals surface area contributed by atoms with Gasteiger partial charge in [-0.1, -0.05) is 6.92 Å². The summed E-state index contributed by atoms with van der Waals surface area (Å²) >= 11 is 0. The standard InChI is InChI=1S/C17H19NO2/c1-2-17(19)13-5-7-14(8-6-13)18(15-9-10-15)12-16-4-3-11-20-16/h3-8,11,15H,2,9-10,12H2,1H3. The quantitative estimate of drug-likeness (QED) is 0.742. The fraction of sp³-hybridized carbons (Fsp3) is 0.353. The number of benzene rings is 1. The lowest BCUT2D eigenvalue weighted by atomic mass is 10.1. The van der Waals surface area contributed by atoms with Crippen LogP contribution in [-0.4, -0.2) is 11.8 Å². The van der Waals surface area contributed by atoms with Crippen LogP contribution in [0.2, 0.25) is 0 Å². The van der Waals surface area contributed by atoms with Crippen molar-refractivity contribution in [1.29, 1.82) is 0 Å². The van der Waals surface area contributed by atoms with Gasteiger partial charge in [0.25, 0.3) is 0 Å². The van der Waals surface area contributed by atoms with Crippen molar-refractivity contribution in [2.24, 2.45) is 0 Å². The zero-order valence-corrected chi connectivity index (χ0v) is 11.7. The second-order valence-electron chi connectivity index (χ2n) is 5.26. The molecular formula is C17H19NO2. The molecule has 1 aromatic heterocycles. The molecule has 0 radical (unpaired) electrons. The van der Waals surface area contributed by atoms with Gasteiger partial charge in [-0.2, -0.15) is 0 Å². The topological polar surface area (TPSA) is 33.5 Å². The summed E-state index contributed by atoms with van der Waals surface area (Å²) in [5.41, 5.74) is 1.96. The molecule has 1 aromatic carbocycles. The number of carbonyl (C=O) groups is 1. The molecule has 1 heterocycles. The largest absolute Gasteiger partial charge is 0.467 e. The van der Waals surface area contributed by atoms with Gasteiger partial charge in [-0.05, 0) is 49.2 Å². The number of hydrogen-bond acceptors (Lipinski definition) is 3. The first-order chi connectivity index (χ1) is 9.78. The summed E-state index contributed by atoms with van der Waals surface area (Å²) in [4.78, 5) is 14.0. The number of ketones is 1. The molecule has 2 aromatic rings. The third-order valence-corrected chi connectivity index (χ3v) is 3.74. The lowest BCUT2D eigenvalue weighted by Gasteiger charge is -2.23. The van der Waals surface area contributed by atoms with Crippen LogP contribution >= 0.6 is 0 Å². The molecular weight excluding hydrogens is 250 g/mol. The maximum atomic E-state index is 11.7. The van der Waals surface area contributed by atoms with Gasteiger partial charge in [-0.25, -0.2) is 0 Å². The van der Waals surface area contributed by atoms with E-state index in [0.717, 1.165) is 23.6 Å². The van der Waals surface area contributed by atoms with Crippen LogP contribution in [0.5, 0.6) is 0 Å². The molecule has 3 heteroatoms. The van der Waals surface area contributed by atoms with Crippen LogP contribution in [0.3, 0.4) is 0 Å². The van der Waals surface area contributed by atoms with E-state index in [1.165, 1.54) is 12.8 Å². The average Bonchev–Trinajstić information content (AvgIpc) is 3.21. The first-order valence-corrected chi connectivity index (χ1v) is 7.20. The Morgan fingerprint density at radius 2 is 2.00 bits per heavy atom. The summed E-state index contributed by atoms with van der Waals surface area (Å²) in [7, 11) is 0. The molecule has 1 fully saturated rings. The Kier molecular flexibility index (Phi) is 3.59. The lowest BCUT2D eigenvalue weighted by molar-refractivity contribution is 0.0988. The van der Waals surface area contributed by atoms with Crippen LogP contribution in [0.1, 0.15) is 42.3 Å². The summed E-state index contributed by atoms with van der Waals surface area (Å²) in [6, 6.07) is 12.5. The molecule has 0 saturated heterocycles. The van der Waals surface area contributed by atoms with Gasteiger partial charge in [-0.15, -0.1) is 0 Å². The van der Waals surface area contributed by atoms with Crippen molar-refractivity contribution in [3.63, 3.8) is 0 Å². The van der Waals surface area contributed by atoms with Gasteiger partial charge in [0.2, 0.25) is 0 Å². The first-order valence-electron chi connectivity index (χ1n) is 7.20. The van der Waals surface area contributed by atoms with E-state index in [2.05, 4.69) is 4.90 Å². The van der Waals surface area contributed by atoms with Gasteiger partial charge in [0.15, 0.2) is 5.78 Å². The molecule has 0 spiro atoms. The normalized spacial score (nSPS) is 14.2. The van der Waals surface area contributed by atoms with Crippen molar-refractivity contribution >= 4 is 11.5 Å². The van der Waals surface area contributed by atoms with Crippen LogP contribution < -0.4 is 4.90 Å². The number of hydrogen-bond donors (Lipinski definition) is 0. The average molecular weight is 269 g/mol. The van der Waals surface area contributed by atoms with Crippen LogP contribution in [0.15, 0.2) is 47.1 Å². The molecule has 0 unspecified atom stereocenters. The molecule has 0 N–H and O–H groups in total. The van der Waals surface area contributed by atoms with E-state index in [0.29, 0.717) is 12.5 Å². The predicted molar refractivity (Wildman–Crippen MR) is 79.0 cm³/mol. The number of nitrogens with zero attached hydrogens (tertiary/aromatic N) is 1. The van der Waals surface area contributed by atoms with E-state index < -0.39 is 0 Å². The molecule has 104 valence electrons. The number of Topliss-reactive ketones (excluding diaryl/α,β-unsaturated/α-hetero) is 1. The minimum Gasteiger partial charge on any atom is -0.467 e. The molecule has 20 heavy (non-hydrogen) atoms. The second kappa shape index (κ2) is 5.53. The summed E-state index contributed by atoms with van der Waals surface area (Å²) in [6.07, 6.45) is 4.73. The van der Waals surface area contributed by atoms with Crippen LogP contribution in [0.4, 0.5) is 5.69 Å². The molecule has 1 aliphatic carbocycles. The third-order valence-electron chi connectivity index (χ3n) is 3.74. The monoisotopic (exact) mass is 269 g/mol. The Hall–Kier alpha value is -2.03. The number of carbonyl (C=O) groups excluding carboxylic acids is 1. The van der Waals surface area contributed by atoms with Crippen molar-refractivity contribution in [1.82, 2.24) is 0 Å². The number of anilines is 1. The van der Waals surface area contributed by atoms with Crippen LogP contribution in [0, 0.1) is 0 Å². The Labute approximate surface area is 119 Å². The SMILES string of the molecule is CCC(=O)c1ccc(N(Cc2ccco2)C2CC2)cc1. The van der Waals surface area contributed by atoms with Crippen molar-refractivity contribution in [3.8, 4) is 0 Å². The van der Waals surface area contributed by atoms with Gasteiger partial charge in [0, 0.05) is 23.7 Å². The van der Waals surface area contributed by atoms with E-state index in [1.54, 1.807) is 6.26 Å². The fourth-order valence-electron chi connectivity index (χ4n) is 2.43. The highest BCUT2D eigenvalue weighted by atomic mass is 16.3. The maximum Gasteiger partial charge on any atom is 0.162 e. The number of rotatable bonds is 6. The molecule has 3 nitrogen and oxygen atoms in total. The van der Waals surface area contributed by atoms with Crippen molar-refractivity contribution < 1.29 is 9.21 Å². The highest BCUT2D eigenvalue weighted by molar-refractivity contribution is 5.96. The van der Waals surface area contributed by atoms with Crippen LogP contribution in [0.25, 0.3) is 0 Å². The predicted octanol–water partition coefficient (Wildman–Crippen LogP) is 4.04. The molecule has 0 atom stereocenters. The lowest BCUT2D eigenvalue weighted by Crippen LogP contribution is -2.24. The molecule has 1 saturated carbocycles. The van der Waals surface area contributed by atoms with Crippen LogP contribution in [-0.2, 0) is 6.54 Å². The number of furan rings is 1. The molecule has 0 bridgehead atoms. The van der Waals surface area contributed by atoms with E-state index in [-0.39, 0.29) is 5.78 Å². The van der Waals surface area contributed by atoms with Crippen molar-refractivity contribution in [3.05, 3.63) is 54.0 Å². The Balaban J connectivity index is 1.79. The summed E-state index contributed by atoms with van der Waals surface area (Å²) in [6.45, 7) is 2.68. The zero-order valence-electron chi connectivity index (χ0n) is 11.7. The fourth-order valence-corrected chi connectivity index (χ4v) is 2.43. The molecule has 0 aliphatic heterocycles.